The van der Waals surface area contributed by atoms with E-state index in [1.807, 2.05) is 0 Å². The minimum atomic E-state index is -0.662. The molecule has 1 heterocycles. The van der Waals surface area contributed by atoms with Gasteiger partial charge in [-0.3, -0.25) is 4.79 Å². The molecule has 0 saturated carbocycles. The van der Waals surface area contributed by atoms with E-state index in [1.165, 1.54) is 32.4 Å². The molecule has 3 rings (SSSR count). The maximum atomic E-state index is 12.5. The highest BCUT2D eigenvalue weighted by Gasteiger charge is 2.20. The summed E-state index contributed by atoms with van der Waals surface area (Å²) in [7, 11) is 2.89. The number of carbonyl (C=O) groups is 1. The van der Waals surface area contributed by atoms with Crippen molar-refractivity contribution in [1.29, 1.82) is 0 Å². The Hall–Kier alpha value is -2.99. The van der Waals surface area contributed by atoms with Crippen molar-refractivity contribution in [2.24, 2.45) is 0 Å². The highest BCUT2D eigenvalue weighted by atomic mass is 35.5. The average Bonchev–Trinajstić information content (AvgIpc) is 2.64. The van der Waals surface area contributed by atoms with E-state index in [2.05, 4.69) is 0 Å². The first-order chi connectivity index (χ1) is 12.0. The first-order valence-electron chi connectivity index (χ1n) is 7.19. The summed E-state index contributed by atoms with van der Waals surface area (Å²) in [6, 6.07) is 9.35. The number of carbonyl (C=O) groups excluding carboxylic acids is 1. The van der Waals surface area contributed by atoms with Crippen molar-refractivity contribution in [2.75, 3.05) is 14.2 Å². The minimum Gasteiger partial charge on any atom is -0.496 e. The third-order valence-corrected chi connectivity index (χ3v) is 3.81. The maximum absolute atomic E-state index is 12.5. The van der Waals surface area contributed by atoms with Gasteiger partial charge in [0.15, 0.2) is 0 Å². The summed E-state index contributed by atoms with van der Waals surface area (Å²) in [5.41, 5.74) is 0.0593. The van der Waals surface area contributed by atoms with Crippen LogP contribution in [0.25, 0.3) is 11.0 Å². The summed E-state index contributed by atoms with van der Waals surface area (Å²) in [5, 5.41) is 0.276. The fourth-order valence-electron chi connectivity index (χ4n) is 2.36. The van der Waals surface area contributed by atoms with Crippen LogP contribution in [0, 0.1) is 0 Å². The van der Waals surface area contributed by atoms with E-state index in [1.54, 1.807) is 18.2 Å². The summed E-state index contributed by atoms with van der Waals surface area (Å²) in [5.74, 6) is 0.188. The zero-order chi connectivity index (χ0) is 18.0. The zero-order valence-electron chi connectivity index (χ0n) is 13.4. The molecule has 0 radical (unpaired) electrons. The molecule has 0 aliphatic rings. The zero-order valence-corrected chi connectivity index (χ0v) is 14.1. The number of esters is 1. The lowest BCUT2D eigenvalue weighted by Crippen LogP contribution is -2.12. The van der Waals surface area contributed by atoms with Gasteiger partial charge < -0.3 is 18.6 Å². The van der Waals surface area contributed by atoms with Crippen LogP contribution in [-0.4, -0.2) is 20.2 Å². The second kappa shape index (κ2) is 6.86. The molecule has 0 spiro atoms. The molecule has 0 fully saturated rings. The van der Waals surface area contributed by atoms with Crippen LogP contribution >= 0.6 is 11.6 Å². The SMILES string of the molecule is COc1cccc(OC)c1C(=O)Oc1ccc2c(=O)c(Cl)coc2c1. The Balaban J connectivity index is 1.98. The van der Waals surface area contributed by atoms with Gasteiger partial charge in [-0.2, -0.15) is 0 Å². The van der Waals surface area contributed by atoms with Crippen LogP contribution in [-0.2, 0) is 0 Å². The van der Waals surface area contributed by atoms with Gasteiger partial charge in [0, 0.05) is 6.07 Å². The van der Waals surface area contributed by atoms with Crippen molar-refractivity contribution in [3.8, 4) is 17.2 Å². The quantitative estimate of drug-likeness (QED) is 0.522. The van der Waals surface area contributed by atoms with E-state index < -0.39 is 5.97 Å². The van der Waals surface area contributed by atoms with Gasteiger partial charge in [0.2, 0.25) is 5.43 Å². The largest absolute Gasteiger partial charge is 0.496 e. The van der Waals surface area contributed by atoms with Crippen LogP contribution in [0.15, 0.2) is 51.9 Å². The predicted octanol–water partition coefficient (Wildman–Crippen LogP) is 3.68. The van der Waals surface area contributed by atoms with Gasteiger partial charge in [0.05, 0.1) is 19.6 Å². The third kappa shape index (κ3) is 3.16. The molecule has 1 aromatic heterocycles. The van der Waals surface area contributed by atoms with Gasteiger partial charge in [-0.25, -0.2) is 4.79 Å². The fourth-order valence-corrected chi connectivity index (χ4v) is 2.51. The third-order valence-electron chi connectivity index (χ3n) is 3.55. The molecule has 128 valence electrons. The van der Waals surface area contributed by atoms with Crippen molar-refractivity contribution in [2.45, 2.75) is 0 Å². The molecule has 0 unspecified atom stereocenters. The molecule has 3 aromatic rings. The Bertz CT molecular complexity index is 986. The summed E-state index contributed by atoms with van der Waals surface area (Å²) in [6.07, 6.45) is 1.14. The van der Waals surface area contributed by atoms with E-state index in [4.69, 9.17) is 30.2 Å². The number of hydrogen-bond acceptors (Lipinski definition) is 6. The van der Waals surface area contributed by atoms with Crippen LogP contribution in [0.2, 0.25) is 5.02 Å². The lowest BCUT2D eigenvalue weighted by Gasteiger charge is -2.12. The number of rotatable bonds is 4. The van der Waals surface area contributed by atoms with E-state index in [9.17, 15) is 9.59 Å². The van der Waals surface area contributed by atoms with Crippen molar-refractivity contribution >= 4 is 28.5 Å². The number of hydrogen-bond donors (Lipinski definition) is 0. The van der Waals surface area contributed by atoms with Gasteiger partial charge in [-0.15, -0.1) is 0 Å². The molecule has 0 bridgehead atoms. The van der Waals surface area contributed by atoms with Crippen LogP contribution in [0.3, 0.4) is 0 Å². The van der Waals surface area contributed by atoms with Crippen molar-refractivity contribution in [3.05, 3.63) is 63.5 Å². The van der Waals surface area contributed by atoms with E-state index >= 15 is 0 Å². The van der Waals surface area contributed by atoms with E-state index in [-0.39, 0.29) is 27.3 Å². The highest BCUT2D eigenvalue weighted by molar-refractivity contribution is 6.30. The number of ether oxygens (including phenoxy) is 3. The Morgan fingerprint density at radius 2 is 1.76 bits per heavy atom. The molecule has 2 aromatic carbocycles. The Kier molecular flexibility index (Phi) is 4.63. The van der Waals surface area contributed by atoms with Crippen LogP contribution < -0.4 is 19.6 Å². The average molecular weight is 361 g/mol. The molecule has 25 heavy (non-hydrogen) atoms. The van der Waals surface area contributed by atoms with Crippen LogP contribution in [0.4, 0.5) is 0 Å². The second-order valence-corrected chi connectivity index (χ2v) is 5.40. The van der Waals surface area contributed by atoms with E-state index in [0.717, 1.165) is 6.26 Å². The molecular formula is C18H13ClO6. The molecule has 7 heteroatoms. The number of fused-ring (bicyclic) bond motifs is 1. The first-order valence-corrected chi connectivity index (χ1v) is 7.57. The second-order valence-electron chi connectivity index (χ2n) is 5.00. The van der Waals surface area contributed by atoms with Gasteiger partial charge >= 0.3 is 5.97 Å². The summed E-state index contributed by atoms with van der Waals surface area (Å²) >= 11 is 5.74. The predicted molar refractivity (Wildman–Crippen MR) is 92.0 cm³/mol. The van der Waals surface area contributed by atoms with Crippen molar-refractivity contribution < 1.29 is 23.4 Å². The molecule has 6 nitrogen and oxygen atoms in total. The standard InChI is InChI=1S/C18H13ClO6/c1-22-13-4-3-5-14(23-2)16(13)18(21)25-10-6-7-11-15(8-10)24-9-12(19)17(11)20/h3-9H,1-2H3. The number of methoxy groups -OCH3 is 2. The van der Waals surface area contributed by atoms with Crippen LogP contribution in [0.5, 0.6) is 17.2 Å². The molecular weight excluding hydrogens is 348 g/mol. The molecule has 0 aliphatic heterocycles. The fraction of sp³-hybridized carbons (Fsp3) is 0.111. The van der Waals surface area contributed by atoms with Gasteiger partial charge in [-0.05, 0) is 24.3 Å². The molecule has 0 aliphatic carbocycles. The number of benzene rings is 2. The lowest BCUT2D eigenvalue weighted by atomic mass is 10.1. The number of halogens is 1. The molecule has 0 N–H and O–H groups in total. The monoisotopic (exact) mass is 360 g/mol. The summed E-state index contributed by atoms with van der Waals surface area (Å²) in [4.78, 5) is 24.5. The summed E-state index contributed by atoms with van der Waals surface area (Å²) in [6.45, 7) is 0. The lowest BCUT2D eigenvalue weighted by molar-refractivity contribution is 0.0728. The molecule has 0 amide bonds. The smallest absolute Gasteiger partial charge is 0.351 e. The molecule has 0 saturated heterocycles. The maximum Gasteiger partial charge on any atom is 0.351 e. The van der Waals surface area contributed by atoms with E-state index in [0.29, 0.717) is 16.9 Å². The van der Waals surface area contributed by atoms with Gasteiger partial charge in [-0.1, -0.05) is 17.7 Å². The van der Waals surface area contributed by atoms with Crippen molar-refractivity contribution in [3.63, 3.8) is 0 Å². The Morgan fingerprint density at radius 3 is 2.40 bits per heavy atom. The Morgan fingerprint density at radius 1 is 1.08 bits per heavy atom. The first kappa shape index (κ1) is 16.9. The summed E-state index contributed by atoms with van der Waals surface area (Å²) < 4.78 is 21.0. The topological polar surface area (TPSA) is 75.0 Å². The van der Waals surface area contributed by atoms with Gasteiger partial charge in [0.25, 0.3) is 0 Å². The normalized spacial score (nSPS) is 10.5. The highest BCUT2D eigenvalue weighted by Crippen LogP contribution is 2.30. The minimum absolute atomic E-state index is 0.0176. The van der Waals surface area contributed by atoms with Gasteiger partial charge in [0.1, 0.15) is 39.7 Å². The molecule has 0 atom stereocenters. The van der Waals surface area contributed by atoms with Crippen LogP contribution in [0.1, 0.15) is 10.4 Å². The Labute approximate surface area is 147 Å². The van der Waals surface area contributed by atoms with Crippen molar-refractivity contribution in [1.82, 2.24) is 0 Å².